The van der Waals surface area contributed by atoms with E-state index in [1.807, 2.05) is 0 Å². The highest BCUT2D eigenvalue weighted by molar-refractivity contribution is 6.36. The summed E-state index contributed by atoms with van der Waals surface area (Å²) in [4.78, 5) is 11.7. The predicted octanol–water partition coefficient (Wildman–Crippen LogP) is 2.88. The Balaban J connectivity index is 2.95. The number of amides is 1. The van der Waals surface area contributed by atoms with E-state index >= 15 is 0 Å². The number of hydrogen-bond acceptors (Lipinski definition) is 2. The molecule has 0 spiro atoms. The van der Waals surface area contributed by atoms with Crippen LogP contribution in [0.4, 0.5) is 8.63 Å². The SMILES string of the molecule is CC(C)(C)NC(=O)/C=C(\OB(F)F)c1ccccc1. The second-order valence-corrected chi connectivity index (χ2v) is 4.99. The van der Waals surface area contributed by atoms with Crippen molar-refractivity contribution in [3.8, 4) is 0 Å². The Morgan fingerprint density at radius 1 is 1.26 bits per heavy atom. The minimum atomic E-state index is -2.98. The summed E-state index contributed by atoms with van der Waals surface area (Å²) in [5.74, 6) is -0.635. The zero-order valence-corrected chi connectivity index (χ0v) is 11.1. The van der Waals surface area contributed by atoms with Gasteiger partial charge in [-0.1, -0.05) is 30.3 Å². The largest absolute Gasteiger partial charge is 0.796 e. The molecule has 0 aliphatic carbocycles. The van der Waals surface area contributed by atoms with E-state index in [-0.39, 0.29) is 5.76 Å². The third-order valence-electron chi connectivity index (χ3n) is 2.03. The van der Waals surface area contributed by atoms with E-state index in [1.54, 1.807) is 51.1 Å². The van der Waals surface area contributed by atoms with Crippen molar-refractivity contribution in [1.82, 2.24) is 5.32 Å². The Bertz CT molecular complexity index is 455. The average molecular weight is 267 g/mol. The molecular weight excluding hydrogens is 251 g/mol. The summed E-state index contributed by atoms with van der Waals surface area (Å²) in [5, 5.41) is 2.65. The summed E-state index contributed by atoms with van der Waals surface area (Å²) in [7, 11) is -2.98. The molecule has 1 aromatic rings. The zero-order valence-electron chi connectivity index (χ0n) is 11.1. The molecule has 19 heavy (non-hydrogen) atoms. The lowest BCUT2D eigenvalue weighted by Crippen LogP contribution is -2.39. The number of hydrogen-bond donors (Lipinski definition) is 1. The van der Waals surface area contributed by atoms with Gasteiger partial charge >= 0.3 is 7.47 Å². The van der Waals surface area contributed by atoms with Crippen molar-refractivity contribution in [2.45, 2.75) is 26.3 Å². The second-order valence-electron chi connectivity index (χ2n) is 4.99. The van der Waals surface area contributed by atoms with Gasteiger partial charge in [0.25, 0.3) is 0 Å². The van der Waals surface area contributed by atoms with E-state index in [2.05, 4.69) is 9.97 Å². The molecule has 0 aliphatic rings. The Morgan fingerprint density at radius 2 is 1.84 bits per heavy atom. The Labute approximate surface area is 111 Å². The third-order valence-corrected chi connectivity index (χ3v) is 2.03. The first-order chi connectivity index (χ1) is 8.78. The number of carbonyl (C=O) groups excluding carboxylic acids is 1. The number of nitrogens with one attached hydrogen (secondary N) is 1. The minimum absolute atomic E-state index is 0.155. The monoisotopic (exact) mass is 267 g/mol. The van der Waals surface area contributed by atoms with Crippen LogP contribution in [-0.4, -0.2) is 18.9 Å². The van der Waals surface area contributed by atoms with E-state index in [4.69, 9.17) is 0 Å². The fourth-order valence-corrected chi connectivity index (χ4v) is 1.41. The van der Waals surface area contributed by atoms with Gasteiger partial charge in [-0.2, -0.15) is 0 Å². The smallest absolute Gasteiger partial charge is 0.505 e. The summed E-state index contributed by atoms with van der Waals surface area (Å²) < 4.78 is 29.1. The summed E-state index contributed by atoms with van der Waals surface area (Å²) in [6.45, 7) is 5.40. The van der Waals surface area contributed by atoms with Gasteiger partial charge in [-0.15, -0.1) is 0 Å². The number of halogens is 2. The highest BCUT2D eigenvalue weighted by atomic mass is 19.2. The quantitative estimate of drug-likeness (QED) is 0.517. The van der Waals surface area contributed by atoms with Crippen molar-refractivity contribution in [1.29, 1.82) is 0 Å². The van der Waals surface area contributed by atoms with Crippen LogP contribution in [0, 0.1) is 0 Å². The van der Waals surface area contributed by atoms with Gasteiger partial charge in [0.05, 0.1) is 0 Å². The topological polar surface area (TPSA) is 38.3 Å². The normalized spacial score (nSPS) is 11.9. The first-order valence-corrected chi connectivity index (χ1v) is 5.82. The summed E-state index contributed by atoms with van der Waals surface area (Å²) >= 11 is 0. The zero-order chi connectivity index (χ0) is 14.5. The Kier molecular flexibility index (Phi) is 5.09. The average Bonchev–Trinajstić information content (AvgIpc) is 2.26. The summed E-state index contributed by atoms with van der Waals surface area (Å²) in [6, 6.07) is 8.30. The van der Waals surface area contributed by atoms with Gasteiger partial charge in [-0.05, 0) is 20.8 Å². The molecule has 6 heteroatoms. The van der Waals surface area contributed by atoms with Crippen LogP contribution in [0.5, 0.6) is 0 Å². The number of carbonyl (C=O) groups is 1. The molecule has 0 aromatic heterocycles. The maximum Gasteiger partial charge on any atom is 0.796 e. The van der Waals surface area contributed by atoms with Crippen molar-refractivity contribution in [3.05, 3.63) is 42.0 Å². The maximum atomic E-state index is 12.4. The van der Waals surface area contributed by atoms with Crippen molar-refractivity contribution in [2.24, 2.45) is 0 Å². The van der Waals surface area contributed by atoms with Crippen LogP contribution in [0.1, 0.15) is 26.3 Å². The van der Waals surface area contributed by atoms with Crippen LogP contribution in [0.25, 0.3) is 5.76 Å². The van der Waals surface area contributed by atoms with Gasteiger partial charge in [-0.25, -0.2) is 8.63 Å². The van der Waals surface area contributed by atoms with Crippen molar-refractivity contribution in [3.63, 3.8) is 0 Å². The second kappa shape index (κ2) is 6.36. The van der Waals surface area contributed by atoms with E-state index in [9.17, 15) is 13.4 Å². The molecule has 3 nitrogen and oxygen atoms in total. The lowest BCUT2D eigenvalue weighted by atomic mass is 10.1. The van der Waals surface area contributed by atoms with Crippen LogP contribution in [0.15, 0.2) is 36.4 Å². The molecule has 0 saturated carbocycles. The first-order valence-electron chi connectivity index (χ1n) is 5.82. The number of benzene rings is 1. The van der Waals surface area contributed by atoms with E-state index in [0.29, 0.717) is 5.56 Å². The first kappa shape index (κ1) is 15.2. The summed E-state index contributed by atoms with van der Waals surface area (Å²) in [5.41, 5.74) is -0.0212. The minimum Gasteiger partial charge on any atom is -0.505 e. The molecule has 1 N–H and O–H groups in total. The highest BCUT2D eigenvalue weighted by Gasteiger charge is 2.21. The molecule has 0 saturated heterocycles. The van der Waals surface area contributed by atoms with Crippen LogP contribution in [-0.2, 0) is 9.45 Å². The molecular formula is C13H16BF2NO2. The van der Waals surface area contributed by atoms with E-state index < -0.39 is 18.9 Å². The van der Waals surface area contributed by atoms with Gasteiger partial charge < -0.3 is 9.97 Å². The molecule has 1 rings (SSSR count). The third kappa shape index (κ3) is 6.04. The molecule has 102 valence electrons. The molecule has 1 amide bonds. The molecule has 0 aliphatic heterocycles. The van der Waals surface area contributed by atoms with Crippen LogP contribution >= 0.6 is 0 Å². The lowest BCUT2D eigenvalue weighted by Gasteiger charge is -2.19. The molecule has 0 atom stereocenters. The van der Waals surface area contributed by atoms with E-state index in [1.165, 1.54) is 0 Å². The number of rotatable bonds is 4. The van der Waals surface area contributed by atoms with Gasteiger partial charge in [0.2, 0.25) is 5.91 Å². The van der Waals surface area contributed by atoms with Crippen LogP contribution < -0.4 is 5.32 Å². The summed E-state index contributed by atoms with van der Waals surface area (Å²) in [6.07, 6.45) is 1.03. The fraction of sp³-hybridized carbons (Fsp3) is 0.308. The van der Waals surface area contributed by atoms with Gasteiger partial charge in [0, 0.05) is 17.2 Å². The van der Waals surface area contributed by atoms with Crippen LogP contribution in [0.2, 0.25) is 0 Å². The molecule has 0 fully saturated rings. The molecule has 0 unspecified atom stereocenters. The van der Waals surface area contributed by atoms with Crippen LogP contribution in [0.3, 0.4) is 0 Å². The Hall–Kier alpha value is -1.85. The standard InChI is InChI=1S/C13H16BF2NO2/c1-13(2,3)17-12(18)9-11(19-14(15)16)10-7-5-4-6-8-10/h4-9H,1-3H3,(H,17,18)/b11-9-. The lowest BCUT2D eigenvalue weighted by molar-refractivity contribution is -0.117. The van der Waals surface area contributed by atoms with Gasteiger partial charge in [-0.3, -0.25) is 4.79 Å². The van der Waals surface area contributed by atoms with E-state index in [0.717, 1.165) is 6.08 Å². The maximum absolute atomic E-state index is 12.4. The van der Waals surface area contributed by atoms with Gasteiger partial charge in [0.15, 0.2) is 0 Å². The molecule has 0 radical (unpaired) electrons. The van der Waals surface area contributed by atoms with Crippen molar-refractivity contribution < 1.29 is 18.1 Å². The van der Waals surface area contributed by atoms with Crippen molar-refractivity contribution in [2.75, 3.05) is 0 Å². The molecule has 0 bridgehead atoms. The predicted molar refractivity (Wildman–Crippen MR) is 71.4 cm³/mol. The molecule has 0 heterocycles. The fourth-order valence-electron chi connectivity index (χ4n) is 1.41. The highest BCUT2D eigenvalue weighted by Crippen LogP contribution is 2.17. The van der Waals surface area contributed by atoms with Crippen molar-refractivity contribution >= 4 is 19.1 Å². The Morgan fingerprint density at radius 3 is 2.32 bits per heavy atom. The van der Waals surface area contributed by atoms with Gasteiger partial charge in [0.1, 0.15) is 5.76 Å². The molecule has 1 aromatic carbocycles.